The van der Waals surface area contributed by atoms with E-state index in [4.69, 9.17) is 23.2 Å². The number of rotatable bonds is 5. The lowest BCUT2D eigenvalue weighted by atomic mass is 10.1. The van der Waals surface area contributed by atoms with Crippen molar-refractivity contribution in [2.45, 2.75) is 0 Å². The monoisotopic (exact) mass is 333 g/mol. The molecule has 4 nitrogen and oxygen atoms in total. The maximum absolute atomic E-state index is 12.5. The zero-order valence-electron chi connectivity index (χ0n) is 11.6. The van der Waals surface area contributed by atoms with Crippen molar-refractivity contribution in [1.29, 1.82) is 0 Å². The number of hydrogen-bond donors (Lipinski definition) is 0. The molecular formula is C13H18Cl2N3OP. The van der Waals surface area contributed by atoms with Gasteiger partial charge in [0.05, 0.1) is 11.3 Å². The highest BCUT2D eigenvalue weighted by molar-refractivity contribution is 7.55. The van der Waals surface area contributed by atoms with Crippen molar-refractivity contribution >= 4 is 43.2 Å². The summed E-state index contributed by atoms with van der Waals surface area (Å²) in [6, 6.07) is 7.69. The van der Waals surface area contributed by atoms with E-state index in [1.807, 2.05) is 38.4 Å². The van der Waals surface area contributed by atoms with Crippen LogP contribution in [0.25, 0.3) is 0 Å². The molecule has 1 aromatic rings. The Morgan fingerprint density at radius 2 is 1.70 bits per heavy atom. The molecule has 2 rings (SSSR count). The van der Waals surface area contributed by atoms with Gasteiger partial charge in [-0.25, -0.2) is 4.67 Å². The van der Waals surface area contributed by atoms with E-state index in [1.54, 1.807) is 4.67 Å². The van der Waals surface area contributed by atoms with Crippen molar-refractivity contribution in [3.05, 3.63) is 29.8 Å². The largest absolute Gasteiger partial charge is 0.324 e. The first kappa shape index (κ1) is 15.8. The summed E-state index contributed by atoms with van der Waals surface area (Å²) in [4.78, 5) is 12.5. The fraction of sp³-hybridized carbons (Fsp3) is 0.462. The smallest absolute Gasteiger partial charge is 0.261 e. The predicted octanol–water partition coefficient (Wildman–Crippen LogP) is 3.21. The van der Waals surface area contributed by atoms with E-state index in [2.05, 4.69) is 9.34 Å². The first-order valence-corrected chi connectivity index (χ1v) is 8.66. The minimum atomic E-state index is -0.914. The molecule has 20 heavy (non-hydrogen) atoms. The second-order valence-corrected chi connectivity index (χ2v) is 7.53. The number of hydrogen-bond acceptors (Lipinski definition) is 3. The quantitative estimate of drug-likeness (QED) is 0.611. The van der Waals surface area contributed by atoms with Gasteiger partial charge in [0.15, 0.2) is 8.37 Å². The fourth-order valence-corrected chi connectivity index (χ4v) is 5.36. The Labute approximate surface area is 131 Å². The highest BCUT2D eigenvalue weighted by atomic mass is 35.5. The third-order valence-corrected chi connectivity index (χ3v) is 5.97. The van der Waals surface area contributed by atoms with Crippen molar-refractivity contribution in [1.82, 2.24) is 9.34 Å². The van der Waals surface area contributed by atoms with Crippen LogP contribution in [0.5, 0.6) is 0 Å². The SMILES string of the molecule is CN1C(=O)c2ccccc2N(C)P1N(CCCl)CCCl. The molecule has 0 fully saturated rings. The molecule has 1 unspecified atom stereocenters. The molecule has 0 spiro atoms. The van der Waals surface area contributed by atoms with E-state index in [1.165, 1.54) is 0 Å². The Hall–Kier alpha value is -0.540. The molecule has 1 aliphatic rings. The van der Waals surface area contributed by atoms with Gasteiger partial charge in [0.2, 0.25) is 0 Å². The number of nitrogens with zero attached hydrogens (tertiary/aromatic N) is 3. The first-order chi connectivity index (χ1) is 9.61. The minimum Gasteiger partial charge on any atom is -0.324 e. The number of anilines is 1. The molecule has 0 aliphatic carbocycles. The van der Waals surface area contributed by atoms with Crippen LogP contribution < -0.4 is 4.67 Å². The summed E-state index contributed by atoms with van der Waals surface area (Å²) < 4.78 is 6.14. The molecule has 0 radical (unpaired) electrons. The van der Waals surface area contributed by atoms with Crippen molar-refractivity contribution in [2.75, 3.05) is 43.6 Å². The Bertz CT molecular complexity index is 482. The molecule has 0 saturated heterocycles. The topological polar surface area (TPSA) is 26.8 Å². The molecule has 110 valence electrons. The van der Waals surface area contributed by atoms with E-state index >= 15 is 0 Å². The van der Waals surface area contributed by atoms with Gasteiger partial charge in [0, 0.05) is 38.9 Å². The number of fused-ring (bicyclic) bond motifs is 1. The second kappa shape index (κ2) is 6.95. The van der Waals surface area contributed by atoms with Crippen LogP contribution in [-0.2, 0) is 0 Å². The van der Waals surface area contributed by atoms with Crippen molar-refractivity contribution in [3.63, 3.8) is 0 Å². The van der Waals surface area contributed by atoms with Crippen LogP contribution in [0.15, 0.2) is 24.3 Å². The summed E-state index contributed by atoms with van der Waals surface area (Å²) in [6.45, 7) is 1.42. The van der Waals surface area contributed by atoms with Crippen molar-refractivity contribution in [3.8, 4) is 0 Å². The van der Waals surface area contributed by atoms with E-state index in [-0.39, 0.29) is 5.91 Å². The van der Waals surface area contributed by atoms with Gasteiger partial charge in [0.1, 0.15) is 0 Å². The van der Waals surface area contributed by atoms with Crippen LogP contribution in [-0.4, -0.2) is 54.2 Å². The van der Waals surface area contributed by atoms with Crippen LogP contribution in [0.2, 0.25) is 0 Å². The lowest BCUT2D eigenvalue weighted by Gasteiger charge is -2.45. The van der Waals surface area contributed by atoms with Crippen LogP contribution >= 0.6 is 31.6 Å². The van der Waals surface area contributed by atoms with Gasteiger partial charge in [-0.3, -0.25) is 9.46 Å². The number of benzene rings is 1. The summed E-state index contributed by atoms with van der Waals surface area (Å²) in [6.07, 6.45) is 0. The van der Waals surface area contributed by atoms with Crippen LogP contribution in [0.1, 0.15) is 10.4 Å². The van der Waals surface area contributed by atoms with Crippen LogP contribution in [0.3, 0.4) is 0 Å². The molecule has 0 bridgehead atoms. The number of carbonyl (C=O) groups excluding carboxylic acids is 1. The summed E-state index contributed by atoms with van der Waals surface area (Å²) in [5.41, 5.74) is 1.71. The Morgan fingerprint density at radius 1 is 1.10 bits per heavy atom. The standard InChI is InChI=1S/C13H18Cl2N3OP/c1-16-12-6-4-3-5-11(12)13(19)17(2)20(16)18(9-7-14)10-8-15/h3-6H,7-10H2,1-2H3. The lowest BCUT2D eigenvalue weighted by molar-refractivity contribution is 0.0878. The van der Waals surface area contributed by atoms with E-state index < -0.39 is 8.37 Å². The molecule has 1 aromatic carbocycles. The maximum atomic E-state index is 12.5. The van der Waals surface area contributed by atoms with Crippen LogP contribution in [0.4, 0.5) is 5.69 Å². The highest BCUT2D eigenvalue weighted by Gasteiger charge is 2.37. The predicted molar refractivity (Wildman–Crippen MR) is 86.9 cm³/mol. The number of para-hydroxylation sites is 1. The zero-order chi connectivity index (χ0) is 14.7. The molecule has 1 aliphatic heterocycles. The number of alkyl halides is 2. The van der Waals surface area contributed by atoms with Gasteiger partial charge in [0.25, 0.3) is 5.91 Å². The van der Waals surface area contributed by atoms with Crippen molar-refractivity contribution in [2.24, 2.45) is 0 Å². The minimum absolute atomic E-state index is 0.0546. The normalized spacial score (nSPS) is 18.6. The molecule has 1 atom stereocenters. The summed E-state index contributed by atoms with van der Waals surface area (Å²) in [5.74, 6) is 1.10. The molecule has 0 aromatic heterocycles. The van der Waals surface area contributed by atoms with E-state index in [9.17, 15) is 4.79 Å². The summed E-state index contributed by atoms with van der Waals surface area (Å²) >= 11 is 11.8. The number of amides is 1. The van der Waals surface area contributed by atoms with Gasteiger partial charge in [-0.1, -0.05) is 12.1 Å². The Balaban J connectivity index is 2.37. The molecule has 1 heterocycles. The molecule has 0 saturated carbocycles. The first-order valence-electron chi connectivity index (χ1n) is 6.39. The van der Waals surface area contributed by atoms with E-state index in [0.29, 0.717) is 24.8 Å². The van der Waals surface area contributed by atoms with Gasteiger partial charge in [-0.15, -0.1) is 23.2 Å². The van der Waals surface area contributed by atoms with Gasteiger partial charge in [-0.2, -0.15) is 0 Å². The second-order valence-electron chi connectivity index (χ2n) is 4.47. The molecule has 1 amide bonds. The molecular weight excluding hydrogens is 316 g/mol. The van der Waals surface area contributed by atoms with Gasteiger partial charge < -0.3 is 4.67 Å². The number of halogens is 2. The summed E-state index contributed by atoms with van der Waals surface area (Å²) in [5, 5.41) is 0. The molecule has 0 N–H and O–H groups in total. The maximum Gasteiger partial charge on any atom is 0.261 e. The number of carbonyl (C=O) groups is 1. The third-order valence-electron chi connectivity index (χ3n) is 3.25. The third kappa shape index (κ3) is 2.89. The van der Waals surface area contributed by atoms with Gasteiger partial charge >= 0.3 is 0 Å². The Morgan fingerprint density at radius 3 is 2.30 bits per heavy atom. The highest BCUT2D eigenvalue weighted by Crippen LogP contribution is 2.53. The fourth-order valence-electron chi connectivity index (χ4n) is 2.36. The molecule has 7 heteroatoms. The van der Waals surface area contributed by atoms with Crippen LogP contribution in [0, 0.1) is 0 Å². The summed E-state index contributed by atoms with van der Waals surface area (Å²) in [7, 11) is 2.95. The lowest BCUT2D eigenvalue weighted by Crippen LogP contribution is -2.42. The van der Waals surface area contributed by atoms with Gasteiger partial charge in [-0.05, 0) is 12.1 Å². The average molecular weight is 334 g/mol. The van der Waals surface area contributed by atoms with E-state index in [0.717, 1.165) is 11.3 Å². The van der Waals surface area contributed by atoms with Crippen molar-refractivity contribution < 1.29 is 4.79 Å². The Kier molecular flexibility index (Phi) is 5.50. The zero-order valence-corrected chi connectivity index (χ0v) is 14.0. The average Bonchev–Trinajstić information content (AvgIpc) is 2.45.